The lowest BCUT2D eigenvalue weighted by atomic mass is 9.79. The predicted octanol–water partition coefficient (Wildman–Crippen LogP) is 4.84. The number of fused-ring (bicyclic) bond motifs is 1. The Balaban J connectivity index is 1.74. The summed E-state index contributed by atoms with van der Waals surface area (Å²) < 4.78 is 1.29. The summed E-state index contributed by atoms with van der Waals surface area (Å²) in [6.45, 7) is 6.84. The molecule has 0 aliphatic heterocycles. The van der Waals surface area contributed by atoms with Crippen LogP contribution < -0.4 is 5.32 Å². The van der Waals surface area contributed by atoms with Gasteiger partial charge in [0.15, 0.2) is 0 Å². The van der Waals surface area contributed by atoms with Gasteiger partial charge in [-0.2, -0.15) is 0 Å². The highest BCUT2D eigenvalue weighted by Gasteiger charge is 2.24. The van der Waals surface area contributed by atoms with Crippen molar-refractivity contribution in [3.8, 4) is 0 Å². The van der Waals surface area contributed by atoms with Crippen molar-refractivity contribution in [2.75, 3.05) is 5.32 Å². The van der Waals surface area contributed by atoms with Crippen molar-refractivity contribution in [2.24, 2.45) is 11.8 Å². The lowest BCUT2D eigenvalue weighted by Gasteiger charge is -2.33. The van der Waals surface area contributed by atoms with Gasteiger partial charge in [-0.15, -0.1) is 11.3 Å². The van der Waals surface area contributed by atoms with E-state index in [1.54, 1.807) is 11.3 Å². The van der Waals surface area contributed by atoms with Crippen molar-refractivity contribution in [3.63, 3.8) is 0 Å². The number of nitrogens with zero attached hydrogens (tertiary/aromatic N) is 1. The summed E-state index contributed by atoms with van der Waals surface area (Å²) in [5.41, 5.74) is 2.38. The standard InChI is InChI=1S/C16H22N2S/c1-10-4-5-13(8-11(10)2)18-14-6-7-15-16(9-14)19-12(3)17-15/h6-7,9-11,13,18H,4-5,8H2,1-3H3. The monoisotopic (exact) mass is 274 g/mol. The molecule has 1 fully saturated rings. The Hall–Kier alpha value is -1.09. The first-order valence-corrected chi connectivity index (χ1v) is 8.07. The van der Waals surface area contributed by atoms with E-state index in [4.69, 9.17) is 0 Å². The summed E-state index contributed by atoms with van der Waals surface area (Å²) in [4.78, 5) is 4.51. The van der Waals surface area contributed by atoms with Gasteiger partial charge in [-0.1, -0.05) is 13.8 Å². The van der Waals surface area contributed by atoms with E-state index in [-0.39, 0.29) is 0 Å². The van der Waals surface area contributed by atoms with Crippen LogP contribution in [0.4, 0.5) is 5.69 Å². The van der Waals surface area contributed by atoms with Crippen LogP contribution in [0.15, 0.2) is 18.2 Å². The molecule has 0 bridgehead atoms. The molecule has 2 nitrogen and oxygen atoms in total. The molecule has 19 heavy (non-hydrogen) atoms. The molecule has 1 aromatic carbocycles. The van der Waals surface area contributed by atoms with Gasteiger partial charge in [0.05, 0.1) is 15.2 Å². The first-order chi connectivity index (χ1) is 9.11. The fourth-order valence-corrected chi connectivity index (χ4v) is 3.91. The zero-order valence-electron chi connectivity index (χ0n) is 11.9. The number of thiazole rings is 1. The number of benzene rings is 1. The molecule has 0 spiro atoms. The number of rotatable bonds is 2. The van der Waals surface area contributed by atoms with Gasteiger partial charge >= 0.3 is 0 Å². The van der Waals surface area contributed by atoms with Gasteiger partial charge in [0.2, 0.25) is 0 Å². The normalized spacial score (nSPS) is 27.6. The quantitative estimate of drug-likeness (QED) is 0.847. The largest absolute Gasteiger partial charge is 0.382 e. The Morgan fingerprint density at radius 1 is 1.21 bits per heavy atom. The number of hydrogen-bond acceptors (Lipinski definition) is 3. The van der Waals surface area contributed by atoms with Gasteiger partial charge in [-0.05, 0) is 56.2 Å². The molecular formula is C16H22N2S. The minimum atomic E-state index is 0.637. The first-order valence-electron chi connectivity index (χ1n) is 7.25. The maximum Gasteiger partial charge on any atom is 0.0907 e. The molecule has 2 aromatic rings. The van der Waals surface area contributed by atoms with Crippen LogP contribution in [0.25, 0.3) is 10.2 Å². The van der Waals surface area contributed by atoms with E-state index in [2.05, 4.69) is 49.3 Å². The lowest BCUT2D eigenvalue weighted by molar-refractivity contribution is 0.261. The van der Waals surface area contributed by atoms with E-state index < -0.39 is 0 Å². The summed E-state index contributed by atoms with van der Waals surface area (Å²) in [5, 5.41) is 4.86. The van der Waals surface area contributed by atoms with Gasteiger partial charge in [0.1, 0.15) is 0 Å². The topological polar surface area (TPSA) is 24.9 Å². The first kappa shape index (κ1) is 12.9. The molecule has 1 aromatic heterocycles. The van der Waals surface area contributed by atoms with Crippen LogP contribution in [0.1, 0.15) is 38.1 Å². The Bertz CT molecular complexity index is 575. The minimum Gasteiger partial charge on any atom is -0.382 e. The van der Waals surface area contributed by atoms with E-state index in [0.29, 0.717) is 6.04 Å². The van der Waals surface area contributed by atoms with Gasteiger partial charge in [-0.25, -0.2) is 4.98 Å². The van der Waals surface area contributed by atoms with Crippen molar-refractivity contribution in [2.45, 2.75) is 46.1 Å². The van der Waals surface area contributed by atoms with E-state index in [9.17, 15) is 0 Å². The second kappa shape index (κ2) is 5.12. The number of hydrogen-bond donors (Lipinski definition) is 1. The third-order valence-corrected chi connectivity index (χ3v) is 5.40. The summed E-state index contributed by atoms with van der Waals surface area (Å²) in [6.07, 6.45) is 3.94. The highest BCUT2D eigenvalue weighted by atomic mass is 32.1. The summed E-state index contributed by atoms with van der Waals surface area (Å²) in [5.74, 6) is 1.71. The zero-order chi connectivity index (χ0) is 13.4. The Labute approximate surface area is 119 Å². The molecule has 3 atom stereocenters. The Morgan fingerprint density at radius 2 is 2.05 bits per heavy atom. The van der Waals surface area contributed by atoms with Crippen molar-refractivity contribution in [3.05, 3.63) is 23.2 Å². The number of anilines is 1. The molecule has 0 amide bonds. The molecule has 102 valence electrons. The van der Waals surface area contributed by atoms with Crippen LogP contribution in [-0.2, 0) is 0 Å². The smallest absolute Gasteiger partial charge is 0.0907 e. The molecule has 1 aliphatic rings. The average molecular weight is 274 g/mol. The van der Waals surface area contributed by atoms with Crippen molar-refractivity contribution in [1.29, 1.82) is 0 Å². The Kier molecular flexibility index (Phi) is 3.48. The predicted molar refractivity (Wildman–Crippen MR) is 83.9 cm³/mol. The van der Waals surface area contributed by atoms with Crippen molar-refractivity contribution < 1.29 is 0 Å². The summed E-state index contributed by atoms with van der Waals surface area (Å²) in [7, 11) is 0. The molecule has 0 saturated heterocycles. The van der Waals surface area contributed by atoms with Gasteiger partial charge in [-0.3, -0.25) is 0 Å². The summed E-state index contributed by atoms with van der Waals surface area (Å²) >= 11 is 1.78. The number of nitrogens with one attached hydrogen (secondary N) is 1. The van der Waals surface area contributed by atoms with Crippen LogP contribution >= 0.6 is 11.3 Å². The molecule has 1 aliphatic carbocycles. The lowest BCUT2D eigenvalue weighted by Crippen LogP contribution is -2.30. The SMILES string of the molecule is Cc1nc2ccc(NC3CCC(C)C(C)C3)cc2s1. The highest BCUT2D eigenvalue weighted by molar-refractivity contribution is 7.18. The molecule has 1 N–H and O–H groups in total. The van der Waals surface area contributed by atoms with Gasteiger partial charge < -0.3 is 5.32 Å². The third-order valence-electron chi connectivity index (χ3n) is 4.46. The number of aromatic nitrogens is 1. The highest BCUT2D eigenvalue weighted by Crippen LogP contribution is 2.32. The summed E-state index contributed by atoms with van der Waals surface area (Å²) in [6, 6.07) is 7.20. The zero-order valence-corrected chi connectivity index (χ0v) is 12.8. The second-order valence-electron chi connectivity index (χ2n) is 6.02. The molecule has 0 radical (unpaired) electrons. The minimum absolute atomic E-state index is 0.637. The fraction of sp³-hybridized carbons (Fsp3) is 0.562. The Morgan fingerprint density at radius 3 is 2.84 bits per heavy atom. The second-order valence-corrected chi connectivity index (χ2v) is 7.26. The van der Waals surface area contributed by atoms with Crippen LogP contribution in [0.5, 0.6) is 0 Å². The number of aryl methyl sites for hydroxylation is 1. The van der Waals surface area contributed by atoms with Crippen molar-refractivity contribution >= 4 is 27.2 Å². The maximum atomic E-state index is 4.51. The van der Waals surface area contributed by atoms with Crippen LogP contribution in [0, 0.1) is 18.8 Å². The van der Waals surface area contributed by atoms with E-state index in [1.165, 1.54) is 29.6 Å². The van der Waals surface area contributed by atoms with E-state index in [0.717, 1.165) is 22.4 Å². The van der Waals surface area contributed by atoms with Crippen molar-refractivity contribution in [1.82, 2.24) is 4.98 Å². The average Bonchev–Trinajstić information content (AvgIpc) is 2.73. The van der Waals surface area contributed by atoms with E-state index >= 15 is 0 Å². The third kappa shape index (κ3) is 2.76. The molecule has 1 saturated carbocycles. The molecule has 3 rings (SSSR count). The van der Waals surface area contributed by atoms with Gasteiger partial charge in [0.25, 0.3) is 0 Å². The molecular weight excluding hydrogens is 252 g/mol. The molecule has 3 unspecified atom stereocenters. The van der Waals surface area contributed by atoms with Crippen LogP contribution in [-0.4, -0.2) is 11.0 Å². The van der Waals surface area contributed by atoms with Crippen LogP contribution in [0.2, 0.25) is 0 Å². The molecule has 3 heteroatoms. The fourth-order valence-electron chi connectivity index (χ4n) is 3.04. The van der Waals surface area contributed by atoms with E-state index in [1.807, 2.05) is 0 Å². The molecule has 1 heterocycles. The van der Waals surface area contributed by atoms with Crippen LogP contribution in [0.3, 0.4) is 0 Å². The van der Waals surface area contributed by atoms with Gasteiger partial charge in [0, 0.05) is 11.7 Å². The maximum absolute atomic E-state index is 4.51.